The molecule has 0 aliphatic rings. The van der Waals surface area contributed by atoms with E-state index in [9.17, 15) is 13.6 Å². The molecule has 2 aromatic carbocycles. The highest BCUT2D eigenvalue weighted by Gasteiger charge is 2.05. The largest absolute Gasteiger partial charge is 0.320 e. The molecule has 0 saturated heterocycles. The minimum Gasteiger partial charge on any atom is -0.320 e. The van der Waals surface area contributed by atoms with Crippen molar-refractivity contribution in [2.75, 3.05) is 5.32 Å². The Hall–Kier alpha value is -2.20. The summed E-state index contributed by atoms with van der Waals surface area (Å²) in [5, 5.41) is 2.82. The fourth-order valence-corrected chi connectivity index (χ4v) is 1.74. The Morgan fingerprint density at radius 2 is 1.90 bits per heavy atom. The third kappa shape index (κ3) is 3.65. The van der Waals surface area contributed by atoms with Crippen molar-refractivity contribution in [2.24, 2.45) is 0 Å². The maximum absolute atomic E-state index is 13.3. The van der Waals surface area contributed by atoms with Gasteiger partial charge in [0, 0.05) is 17.2 Å². The first-order valence-electron chi connectivity index (χ1n) is 5.75. The summed E-state index contributed by atoms with van der Waals surface area (Å²) >= 11 is 5.93. The zero-order valence-electron chi connectivity index (χ0n) is 10.2. The lowest BCUT2D eigenvalue weighted by atomic mass is 10.2. The average Bonchev–Trinajstić information content (AvgIpc) is 2.41. The zero-order chi connectivity index (χ0) is 14.5. The van der Waals surface area contributed by atoms with Crippen molar-refractivity contribution in [2.45, 2.75) is 0 Å². The Morgan fingerprint density at radius 1 is 1.15 bits per heavy atom. The maximum Gasteiger partial charge on any atom is 0.248 e. The summed E-state index contributed by atoms with van der Waals surface area (Å²) in [4.78, 5) is 11.6. The molecule has 0 aromatic heterocycles. The highest BCUT2D eigenvalue weighted by atomic mass is 35.5. The van der Waals surface area contributed by atoms with Crippen molar-refractivity contribution in [3.05, 3.63) is 70.8 Å². The summed E-state index contributed by atoms with van der Waals surface area (Å²) in [6.45, 7) is 0. The summed E-state index contributed by atoms with van der Waals surface area (Å²) < 4.78 is 26.1. The van der Waals surface area contributed by atoms with Crippen molar-refractivity contribution in [1.29, 1.82) is 0 Å². The van der Waals surface area contributed by atoms with Gasteiger partial charge in [-0.25, -0.2) is 8.78 Å². The zero-order valence-corrected chi connectivity index (χ0v) is 11.0. The van der Waals surface area contributed by atoms with Crippen molar-refractivity contribution in [3.8, 4) is 0 Å². The molecule has 0 radical (unpaired) electrons. The van der Waals surface area contributed by atoms with Crippen LogP contribution in [0.15, 0.2) is 48.5 Å². The highest BCUT2D eigenvalue weighted by molar-refractivity contribution is 6.32. The van der Waals surface area contributed by atoms with E-state index in [1.165, 1.54) is 12.2 Å². The first-order chi connectivity index (χ1) is 9.56. The second-order valence-electron chi connectivity index (χ2n) is 3.97. The number of amides is 1. The number of carbonyl (C=O) groups excluding carboxylic acids is 1. The van der Waals surface area contributed by atoms with Crippen LogP contribution in [0.25, 0.3) is 6.08 Å². The van der Waals surface area contributed by atoms with E-state index in [0.717, 1.165) is 12.1 Å². The van der Waals surface area contributed by atoms with E-state index in [4.69, 9.17) is 11.6 Å². The minimum absolute atomic E-state index is 0.0831. The van der Waals surface area contributed by atoms with E-state index >= 15 is 0 Å². The molecule has 0 spiro atoms. The van der Waals surface area contributed by atoms with Gasteiger partial charge >= 0.3 is 0 Å². The molecular weight excluding hydrogens is 284 g/mol. The summed E-state index contributed by atoms with van der Waals surface area (Å²) in [6.07, 6.45) is 2.74. The van der Waals surface area contributed by atoms with Crippen LogP contribution < -0.4 is 5.32 Å². The Balaban J connectivity index is 2.08. The number of rotatable bonds is 3. The lowest BCUT2D eigenvalue weighted by molar-refractivity contribution is -0.111. The molecule has 0 fully saturated rings. The van der Waals surface area contributed by atoms with Gasteiger partial charge in [-0.3, -0.25) is 4.79 Å². The van der Waals surface area contributed by atoms with Gasteiger partial charge in [0.05, 0.1) is 5.69 Å². The maximum atomic E-state index is 13.3. The molecule has 0 saturated carbocycles. The Morgan fingerprint density at radius 3 is 2.60 bits per heavy atom. The third-order valence-electron chi connectivity index (χ3n) is 2.51. The van der Waals surface area contributed by atoms with Crippen molar-refractivity contribution >= 4 is 29.3 Å². The van der Waals surface area contributed by atoms with Crippen LogP contribution in [0.5, 0.6) is 0 Å². The molecule has 0 unspecified atom stereocenters. The van der Waals surface area contributed by atoms with E-state index in [-0.39, 0.29) is 5.69 Å². The number of hydrogen-bond acceptors (Lipinski definition) is 1. The van der Waals surface area contributed by atoms with Gasteiger partial charge in [-0.05, 0) is 29.8 Å². The average molecular weight is 294 g/mol. The molecule has 2 aromatic rings. The molecule has 2 rings (SSSR count). The van der Waals surface area contributed by atoms with Crippen molar-refractivity contribution in [3.63, 3.8) is 0 Å². The molecule has 0 aliphatic carbocycles. The number of anilines is 1. The van der Waals surface area contributed by atoms with Gasteiger partial charge in [-0.15, -0.1) is 0 Å². The van der Waals surface area contributed by atoms with Crippen LogP contribution in [0.3, 0.4) is 0 Å². The lowest BCUT2D eigenvalue weighted by Crippen LogP contribution is -2.09. The molecule has 102 valence electrons. The molecule has 20 heavy (non-hydrogen) atoms. The fourth-order valence-electron chi connectivity index (χ4n) is 1.54. The van der Waals surface area contributed by atoms with Gasteiger partial charge in [-0.1, -0.05) is 29.8 Å². The van der Waals surface area contributed by atoms with E-state index < -0.39 is 17.5 Å². The number of hydrogen-bond donors (Lipinski definition) is 1. The molecule has 0 aliphatic heterocycles. The van der Waals surface area contributed by atoms with Gasteiger partial charge in [0.2, 0.25) is 5.91 Å². The second-order valence-corrected chi connectivity index (χ2v) is 4.38. The van der Waals surface area contributed by atoms with Crippen LogP contribution in [0.4, 0.5) is 14.5 Å². The smallest absolute Gasteiger partial charge is 0.248 e. The number of nitrogens with one attached hydrogen (secondary N) is 1. The van der Waals surface area contributed by atoms with E-state index in [1.54, 1.807) is 24.3 Å². The Bertz CT molecular complexity index is 671. The van der Waals surface area contributed by atoms with Gasteiger partial charge in [0.15, 0.2) is 0 Å². The number of benzene rings is 2. The molecule has 2 nitrogen and oxygen atoms in total. The van der Waals surface area contributed by atoms with Crippen LogP contribution in [0.2, 0.25) is 5.02 Å². The second kappa shape index (κ2) is 6.30. The van der Waals surface area contributed by atoms with E-state index in [1.807, 2.05) is 0 Å². The van der Waals surface area contributed by atoms with Crippen LogP contribution in [-0.2, 0) is 4.79 Å². The molecule has 5 heteroatoms. The van der Waals surface area contributed by atoms with Crippen molar-refractivity contribution in [1.82, 2.24) is 0 Å². The Labute approximate surface area is 119 Å². The predicted molar refractivity (Wildman–Crippen MR) is 75.5 cm³/mol. The number of carbonyl (C=O) groups is 1. The molecule has 0 atom stereocenters. The van der Waals surface area contributed by atoms with Gasteiger partial charge < -0.3 is 5.32 Å². The molecule has 0 bridgehead atoms. The van der Waals surface area contributed by atoms with Gasteiger partial charge in [0.1, 0.15) is 11.6 Å². The molecule has 1 N–H and O–H groups in total. The fraction of sp³-hybridized carbons (Fsp3) is 0. The van der Waals surface area contributed by atoms with Crippen LogP contribution in [-0.4, -0.2) is 5.91 Å². The first-order valence-corrected chi connectivity index (χ1v) is 6.13. The summed E-state index contributed by atoms with van der Waals surface area (Å²) in [5.74, 6) is -2.06. The van der Waals surface area contributed by atoms with Gasteiger partial charge in [0.25, 0.3) is 0 Å². The SMILES string of the molecule is O=C(C=Cc1ccccc1Cl)Nc1ccc(F)cc1F. The summed E-state index contributed by atoms with van der Waals surface area (Å²) in [6, 6.07) is 9.91. The van der Waals surface area contributed by atoms with Crippen LogP contribution in [0.1, 0.15) is 5.56 Å². The van der Waals surface area contributed by atoms with Gasteiger partial charge in [-0.2, -0.15) is 0 Å². The Kier molecular flexibility index (Phi) is 4.48. The normalized spacial score (nSPS) is 10.8. The number of halogens is 3. The van der Waals surface area contributed by atoms with E-state index in [2.05, 4.69) is 5.32 Å². The van der Waals surface area contributed by atoms with E-state index in [0.29, 0.717) is 16.7 Å². The lowest BCUT2D eigenvalue weighted by Gasteiger charge is -2.03. The van der Waals surface area contributed by atoms with Crippen LogP contribution >= 0.6 is 11.6 Å². The molecular formula is C15H10ClF2NO. The van der Waals surface area contributed by atoms with Crippen LogP contribution in [0, 0.1) is 11.6 Å². The summed E-state index contributed by atoms with van der Waals surface area (Å²) in [5.41, 5.74) is 0.587. The predicted octanol–water partition coefficient (Wildman–Crippen LogP) is 4.27. The highest BCUT2D eigenvalue weighted by Crippen LogP contribution is 2.17. The first kappa shape index (κ1) is 14.2. The summed E-state index contributed by atoms with van der Waals surface area (Å²) in [7, 11) is 0. The standard InChI is InChI=1S/C15H10ClF2NO/c16-12-4-2-1-3-10(12)5-8-15(20)19-14-7-6-11(17)9-13(14)18/h1-9H,(H,19,20). The monoisotopic (exact) mass is 293 g/mol. The molecule has 1 amide bonds. The van der Waals surface area contributed by atoms with Crippen molar-refractivity contribution < 1.29 is 13.6 Å². The quantitative estimate of drug-likeness (QED) is 0.841. The molecule has 0 heterocycles. The third-order valence-corrected chi connectivity index (χ3v) is 2.85. The minimum atomic E-state index is -0.829. The topological polar surface area (TPSA) is 29.1 Å².